The molecule has 0 aliphatic carbocycles. The van der Waals surface area contributed by atoms with Crippen LogP contribution < -0.4 is 10.5 Å². The fraction of sp³-hybridized carbons (Fsp3) is 0.400. The maximum atomic E-state index is 5.79. The quantitative estimate of drug-likeness (QED) is 0.463. The minimum Gasteiger partial charge on any atom is -0.494 e. The van der Waals surface area contributed by atoms with E-state index in [-0.39, 0.29) is 0 Å². The summed E-state index contributed by atoms with van der Waals surface area (Å²) in [5.41, 5.74) is 6.55. The van der Waals surface area contributed by atoms with Gasteiger partial charge < -0.3 is 15.2 Å². The van der Waals surface area contributed by atoms with E-state index in [1.807, 2.05) is 25.1 Å². The summed E-state index contributed by atoms with van der Waals surface area (Å²) < 4.78 is 10.3. The smallest absolute Gasteiger partial charge is 0.120 e. The molecule has 0 saturated carbocycles. The number of anilines is 1. The number of ether oxygens (including phenoxy) is 2. The molecule has 0 unspecified atom stereocenters. The molecule has 1 aromatic rings. The van der Waals surface area contributed by atoms with E-state index in [4.69, 9.17) is 15.2 Å². The van der Waals surface area contributed by atoms with Crippen molar-refractivity contribution in [3.05, 3.63) is 18.2 Å². The number of nitrogens with two attached hydrogens (primary N) is 1. The molecule has 0 atom stereocenters. The first-order valence-electron chi connectivity index (χ1n) is 4.42. The zero-order valence-corrected chi connectivity index (χ0v) is 9.26. The fourth-order valence-electron chi connectivity index (χ4n) is 1.02. The van der Waals surface area contributed by atoms with Crippen LogP contribution in [0.15, 0.2) is 23.1 Å². The third-order valence-electron chi connectivity index (χ3n) is 1.63. The Bertz CT molecular complexity index is 291. The Hall–Kier alpha value is -0.870. The fourth-order valence-corrected chi connectivity index (χ4v) is 1.70. The molecule has 0 aliphatic rings. The maximum absolute atomic E-state index is 5.79. The molecular formula is C10H15NO2S. The van der Waals surface area contributed by atoms with Gasteiger partial charge in [0.05, 0.1) is 12.5 Å². The van der Waals surface area contributed by atoms with E-state index < -0.39 is 0 Å². The molecule has 2 N–H and O–H groups in total. The minimum atomic E-state index is 0.597. The summed E-state index contributed by atoms with van der Waals surface area (Å²) in [6.07, 6.45) is 0. The summed E-state index contributed by atoms with van der Waals surface area (Å²) in [7, 11) is 1.66. The molecular weight excluding hydrogens is 198 g/mol. The molecule has 0 spiro atoms. The zero-order valence-electron chi connectivity index (χ0n) is 8.45. The van der Waals surface area contributed by atoms with Gasteiger partial charge >= 0.3 is 0 Å². The van der Waals surface area contributed by atoms with Crippen LogP contribution >= 0.6 is 11.8 Å². The predicted molar refractivity (Wildman–Crippen MR) is 59.8 cm³/mol. The number of nitrogen functional groups attached to an aromatic ring is 1. The summed E-state index contributed by atoms with van der Waals surface area (Å²) in [6, 6.07) is 5.65. The largest absolute Gasteiger partial charge is 0.494 e. The Kier molecular flexibility index (Phi) is 4.62. The average molecular weight is 213 g/mol. The Morgan fingerprint density at radius 3 is 2.86 bits per heavy atom. The lowest BCUT2D eigenvalue weighted by molar-refractivity contribution is 0.259. The van der Waals surface area contributed by atoms with Crippen molar-refractivity contribution in [2.24, 2.45) is 0 Å². The topological polar surface area (TPSA) is 44.5 Å². The molecule has 1 aromatic carbocycles. The molecule has 3 nitrogen and oxygen atoms in total. The first-order valence-corrected chi connectivity index (χ1v) is 5.40. The number of benzene rings is 1. The van der Waals surface area contributed by atoms with Gasteiger partial charge in [-0.25, -0.2) is 0 Å². The van der Waals surface area contributed by atoms with E-state index in [1.54, 1.807) is 18.9 Å². The highest BCUT2D eigenvalue weighted by Crippen LogP contribution is 2.28. The van der Waals surface area contributed by atoms with Crippen molar-refractivity contribution in [1.29, 1.82) is 0 Å². The van der Waals surface area contributed by atoms with Gasteiger partial charge in [0.15, 0.2) is 0 Å². The molecule has 0 bridgehead atoms. The molecule has 0 aromatic heterocycles. The zero-order chi connectivity index (χ0) is 10.4. The normalized spacial score (nSPS) is 10.1. The lowest BCUT2D eigenvalue weighted by atomic mass is 10.3. The maximum Gasteiger partial charge on any atom is 0.120 e. The second kappa shape index (κ2) is 5.78. The molecule has 0 saturated heterocycles. The first kappa shape index (κ1) is 11.2. The highest BCUT2D eigenvalue weighted by molar-refractivity contribution is 7.99. The van der Waals surface area contributed by atoms with Crippen molar-refractivity contribution < 1.29 is 9.47 Å². The molecule has 14 heavy (non-hydrogen) atoms. The number of methoxy groups -OCH3 is 1. The van der Waals surface area contributed by atoms with Crippen molar-refractivity contribution in [3.8, 4) is 5.75 Å². The van der Waals surface area contributed by atoms with Gasteiger partial charge in [0, 0.05) is 17.7 Å². The minimum absolute atomic E-state index is 0.597. The Morgan fingerprint density at radius 2 is 2.21 bits per heavy atom. The van der Waals surface area contributed by atoms with Gasteiger partial charge in [-0.2, -0.15) is 0 Å². The van der Waals surface area contributed by atoms with Crippen LogP contribution in [0.5, 0.6) is 5.75 Å². The monoisotopic (exact) mass is 213 g/mol. The summed E-state index contributed by atoms with van der Waals surface area (Å²) >= 11 is 1.56. The highest BCUT2D eigenvalue weighted by atomic mass is 32.2. The van der Waals surface area contributed by atoms with Gasteiger partial charge in [0.1, 0.15) is 5.75 Å². The van der Waals surface area contributed by atoms with Crippen molar-refractivity contribution in [1.82, 2.24) is 0 Å². The third-order valence-corrected chi connectivity index (χ3v) is 2.65. The van der Waals surface area contributed by atoms with Crippen LogP contribution in [-0.2, 0) is 4.74 Å². The highest BCUT2D eigenvalue weighted by Gasteiger charge is 2.01. The molecule has 1 rings (SSSR count). The summed E-state index contributed by atoms with van der Waals surface area (Å²) in [4.78, 5) is 0.998. The number of hydrogen-bond donors (Lipinski definition) is 1. The van der Waals surface area contributed by atoms with Crippen LogP contribution in [0.1, 0.15) is 6.92 Å². The Balaban J connectivity index is 2.74. The van der Waals surface area contributed by atoms with Gasteiger partial charge in [-0.15, -0.1) is 0 Å². The molecule has 0 aliphatic heterocycles. The van der Waals surface area contributed by atoms with Crippen LogP contribution in [0, 0.1) is 0 Å². The second-order valence-corrected chi connectivity index (χ2v) is 3.65. The van der Waals surface area contributed by atoms with E-state index in [0.29, 0.717) is 12.5 Å². The second-order valence-electron chi connectivity index (χ2n) is 2.68. The summed E-state index contributed by atoms with van der Waals surface area (Å²) in [5.74, 6) is 1.44. The number of hydrogen-bond acceptors (Lipinski definition) is 4. The Morgan fingerprint density at radius 1 is 1.43 bits per heavy atom. The van der Waals surface area contributed by atoms with Crippen LogP contribution in [0.3, 0.4) is 0 Å². The van der Waals surface area contributed by atoms with Crippen LogP contribution in [0.2, 0.25) is 0 Å². The lowest BCUT2D eigenvalue weighted by Crippen LogP contribution is -1.94. The SMILES string of the molecule is CCOc1ccc(N)c(SCOC)c1. The van der Waals surface area contributed by atoms with Crippen molar-refractivity contribution >= 4 is 17.4 Å². The summed E-state index contributed by atoms with van der Waals surface area (Å²) in [5, 5.41) is 0. The number of thioether (sulfide) groups is 1. The van der Waals surface area contributed by atoms with E-state index in [9.17, 15) is 0 Å². The average Bonchev–Trinajstić information content (AvgIpc) is 2.19. The predicted octanol–water partition coefficient (Wildman–Crippen LogP) is 2.36. The van der Waals surface area contributed by atoms with Crippen molar-refractivity contribution in [2.75, 3.05) is 25.4 Å². The van der Waals surface area contributed by atoms with E-state index in [2.05, 4.69) is 0 Å². The summed E-state index contributed by atoms with van der Waals surface area (Å²) in [6.45, 7) is 2.62. The van der Waals surface area contributed by atoms with E-state index in [0.717, 1.165) is 16.3 Å². The number of rotatable bonds is 5. The Labute approximate surface area is 88.6 Å². The van der Waals surface area contributed by atoms with Gasteiger partial charge in [0.25, 0.3) is 0 Å². The van der Waals surface area contributed by atoms with E-state index >= 15 is 0 Å². The van der Waals surface area contributed by atoms with E-state index in [1.165, 1.54) is 0 Å². The molecule has 0 radical (unpaired) electrons. The van der Waals surface area contributed by atoms with Crippen LogP contribution in [0.25, 0.3) is 0 Å². The van der Waals surface area contributed by atoms with Crippen LogP contribution in [0.4, 0.5) is 5.69 Å². The molecule has 78 valence electrons. The van der Waals surface area contributed by atoms with Crippen molar-refractivity contribution in [3.63, 3.8) is 0 Å². The molecule has 0 fully saturated rings. The van der Waals surface area contributed by atoms with Gasteiger partial charge in [0.2, 0.25) is 0 Å². The van der Waals surface area contributed by atoms with Crippen LogP contribution in [-0.4, -0.2) is 19.7 Å². The van der Waals surface area contributed by atoms with Crippen molar-refractivity contribution in [2.45, 2.75) is 11.8 Å². The molecule has 0 heterocycles. The van der Waals surface area contributed by atoms with Gasteiger partial charge in [-0.1, -0.05) is 11.8 Å². The third kappa shape index (κ3) is 3.12. The molecule has 0 amide bonds. The lowest BCUT2D eigenvalue weighted by Gasteiger charge is -2.08. The standard InChI is InChI=1S/C10H15NO2S/c1-3-13-8-4-5-9(11)10(6-8)14-7-12-2/h4-6H,3,7,11H2,1-2H3. The molecule has 4 heteroatoms. The van der Waals surface area contributed by atoms with Gasteiger partial charge in [-0.05, 0) is 25.1 Å². The van der Waals surface area contributed by atoms with Gasteiger partial charge in [-0.3, -0.25) is 0 Å². The first-order chi connectivity index (χ1) is 6.77.